The molecule has 0 heterocycles. The molecule has 0 atom stereocenters. The van der Waals surface area contributed by atoms with Crippen molar-refractivity contribution in [1.29, 1.82) is 0 Å². The van der Waals surface area contributed by atoms with Crippen molar-refractivity contribution < 1.29 is 31.4 Å². The van der Waals surface area contributed by atoms with Gasteiger partial charge < -0.3 is 26.6 Å². The molecule has 1 aromatic carbocycles. The minimum Gasteiger partial charge on any atom is -1.00 e. The van der Waals surface area contributed by atoms with Gasteiger partial charge in [-0.05, 0) is 30.0 Å². The van der Waals surface area contributed by atoms with Gasteiger partial charge in [-0.3, -0.25) is 0 Å². The summed E-state index contributed by atoms with van der Waals surface area (Å²) in [5, 5.41) is 0. The van der Waals surface area contributed by atoms with Crippen molar-refractivity contribution in [1.82, 2.24) is 0 Å². The van der Waals surface area contributed by atoms with Crippen LogP contribution in [0.2, 0.25) is 0 Å². The molecule has 1 aromatic rings. The van der Waals surface area contributed by atoms with Crippen LogP contribution in [-0.2, 0) is 4.79 Å². The third-order valence-corrected chi connectivity index (χ3v) is 2.60. The molecule has 0 unspecified atom stereocenters. The molecule has 0 aliphatic carbocycles. The van der Waals surface area contributed by atoms with Crippen LogP contribution >= 0.6 is 0 Å². The van der Waals surface area contributed by atoms with Crippen LogP contribution in [-0.4, -0.2) is 26.6 Å². The number of nitrogens with one attached hydrogen (secondary N) is 1. The molecular formula is C14H22BrNO2. The molecule has 0 aromatic heterocycles. The third-order valence-electron chi connectivity index (χ3n) is 2.60. The summed E-state index contributed by atoms with van der Waals surface area (Å²) in [6.07, 6.45) is 0. The van der Waals surface area contributed by atoms with E-state index in [1.54, 1.807) is 0 Å². The first-order valence-electron chi connectivity index (χ1n) is 6.00. The summed E-state index contributed by atoms with van der Waals surface area (Å²) in [7, 11) is 3.86. The van der Waals surface area contributed by atoms with E-state index < -0.39 is 0 Å². The zero-order chi connectivity index (χ0) is 13.0. The molecule has 4 heteroatoms. The largest absolute Gasteiger partial charge is 1.00 e. The van der Waals surface area contributed by atoms with Gasteiger partial charge in [0, 0.05) is 0 Å². The third kappa shape index (κ3) is 5.19. The van der Waals surface area contributed by atoms with Crippen LogP contribution in [0.15, 0.2) is 18.2 Å². The number of carbonyl (C=O) groups excluding carboxylic acids is 1. The number of esters is 1. The summed E-state index contributed by atoms with van der Waals surface area (Å²) in [5.41, 5.74) is 2.19. The molecule has 102 valence electrons. The Balaban J connectivity index is 0.00000289. The van der Waals surface area contributed by atoms with Crippen LogP contribution < -0.4 is 26.6 Å². The van der Waals surface area contributed by atoms with Crippen molar-refractivity contribution in [2.45, 2.75) is 26.7 Å². The maximum atomic E-state index is 11.6. The average molecular weight is 316 g/mol. The lowest BCUT2D eigenvalue weighted by Gasteiger charge is -2.12. The summed E-state index contributed by atoms with van der Waals surface area (Å²) in [5.74, 6) is 0.934. The number of aryl methyl sites for hydroxylation is 1. The van der Waals surface area contributed by atoms with E-state index in [4.69, 9.17) is 4.74 Å². The van der Waals surface area contributed by atoms with Crippen LogP contribution in [0.3, 0.4) is 0 Å². The molecule has 18 heavy (non-hydrogen) atoms. The summed E-state index contributed by atoms with van der Waals surface area (Å²) in [4.78, 5) is 12.7. The highest BCUT2D eigenvalue weighted by molar-refractivity contribution is 5.73. The van der Waals surface area contributed by atoms with E-state index in [2.05, 4.69) is 19.9 Å². The lowest BCUT2D eigenvalue weighted by molar-refractivity contribution is -0.850. The van der Waals surface area contributed by atoms with Crippen molar-refractivity contribution >= 4 is 5.97 Å². The monoisotopic (exact) mass is 315 g/mol. The van der Waals surface area contributed by atoms with E-state index in [9.17, 15) is 4.79 Å². The first-order chi connectivity index (χ1) is 7.90. The molecule has 0 aliphatic heterocycles. The molecule has 1 N–H and O–H groups in total. The van der Waals surface area contributed by atoms with Gasteiger partial charge in [-0.25, -0.2) is 4.79 Å². The van der Waals surface area contributed by atoms with E-state index >= 15 is 0 Å². The van der Waals surface area contributed by atoms with Crippen molar-refractivity contribution in [3.8, 4) is 5.75 Å². The van der Waals surface area contributed by atoms with Crippen LogP contribution in [0.1, 0.15) is 30.9 Å². The highest BCUT2D eigenvalue weighted by atomic mass is 79.9. The quantitative estimate of drug-likeness (QED) is 0.523. The van der Waals surface area contributed by atoms with E-state index in [-0.39, 0.29) is 23.0 Å². The van der Waals surface area contributed by atoms with Crippen LogP contribution in [0, 0.1) is 6.92 Å². The Kier molecular flexibility index (Phi) is 7.18. The molecule has 0 radical (unpaired) electrons. The van der Waals surface area contributed by atoms with Crippen molar-refractivity contribution in [2.75, 3.05) is 20.6 Å². The van der Waals surface area contributed by atoms with Crippen molar-refractivity contribution in [3.63, 3.8) is 0 Å². The van der Waals surface area contributed by atoms with Gasteiger partial charge >= 0.3 is 5.97 Å². The van der Waals surface area contributed by atoms with Crippen molar-refractivity contribution in [2.24, 2.45) is 0 Å². The Hall–Kier alpha value is -0.870. The second kappa shape index (κ2) is 7.54. The molecule has 3 nitrogen and oxygen atoms in total. The first-order valence-corrected chi connectivity index (χ1v) is 6.00. The lowest BCUT2D eigenvalue weighted by Crippen LogP contribution is -3.06. The summed E-state index contributed by atoms with van der Waals surface area (Å²) >= 11 is 0. The maximum Gasteiger partial charge on any atom is 0.367 e. The van der Waals surface area contributed by atoms with Gasteiger partial charge in [0.1, 0.15) is 5.75 Å². The number of carbonyl (C=O) groups is 1. The number of rotatable bonds is 4. The standard InChI is InChI=1S/C14H21NO2.BrH/c1-10(2)12-7-6-11(3)13(8-12)17-14(16)9-15(4)5;/h6-8,10H,9H2,1-5H3;1H. The summed E-state index contributed by atoms with van der Waals surface area (Å²) in [6, 6.07) is 6.04. The number of halogens is 1. The van der Waals surface area contributed by atoms with E-state index in [0.29, 0.717) is 18.2 Å². The fourth-order valence-electron chi connectivity index (χ4n) is 1.53. The zero-order valence-electron chi connectivity index (χ0n) is 11.7. The number of quaternary nitrogens is 1. The smallest absolute Gasteiger partial charge is 0.367 e. The number of ether oxygens (including phenoxy) is 1. The first kappa shape index (κ1) is 17.1. The second-order valence-corrected chi connectivity index (χ2v) is 5.04. The van der Waals surface area contributed by atoms with Crippen LogP contribution in [0.25, 0.3) is 0 Å². The van der Waals surface area contributed by atoms with Crippen LogP contribution in [0.5, 0.6) is 5.75 Å². The lowest BCUT2D eigenvalue weighted by atomic mass is 10.0. The van der Waals surface area contributed by atoms with Gasteiger partial charge in [-0.1, -0.05) is 26.0 Å². The molecule has 0 saturated heterocycles. The number of likely N-dealkylation sites (N-methyl/N-ethyl adjacent to an activating group) is 1. The minimum atomic E-state index is -0.186. The van der Waals surface area contributed by atoms with Crippen molar-refractivity contribution in [3.05, 3.63) is 29.3 Å². The van der Waals surface area contributed by atoms with Gasteiger partial charge in [-0.15, -0.1) is 0 Å². The summed E-state index contributed by atoms with van der Waals surface area (Å²) < 4.78 is 5.39. The predicted octanol–water partition coefficient (Wildman–Crippen LogP) is -1.83. The van der Waals surface area contributed by atoms with E-state index in [0.717, 1.165) is 10.5 Å². The topological polar surface area (TPSA) is 30.7 Å². The Labute approximate surface area is 120 Å². The van der Waals surface area contributed by atoms with Gasteiger partial charge in [0.2, 0.25) is 0 Å². The van der Waals surface area contributed by atoms with Gasteiger partial charge in [0.15, 0.2) is 6.54 Å². The molecule has 0 fully saturated rings. The van der Waals surface area contributed by atoms with Crippen LogP contribution in [0.4, 0.5) is 0 Å². The molecule has 0 saturated carbocycles. The average Bonchev–Trinajstić information content (AvgIpc) is 2.19. The highest BCUT2D eigenvalue weighted by Crippen LogP contribution is 2.24. The normalized spacial score (nSPS) is 10.4. The Morgan fingerprint density at radius 1 is 1.33 bits per heavy atom. The van der Waals surface area contributed by atoms with Gasteiger partial charge in [0.05, 0.1) is 14.1 Å². The molecule has 0 spiro atoms. The molecular weight excluding hydrogens is 294 g/mol. The fraction of sp³-hybridized carbons (Fsp3) is 0.500. The minimum absolute atomic E-state index is 0. The molecule has 1 rings (SSSR count). The Morgan fingerprint density at radius 3 is 2.44 bits per heavy atom. The molecule has 0 amide bonds. The molecule has 0 aliphatic rings. The zero-order valence-corrected chi connectivity index (χ0v) is 13.3. The maximum absolute atomic E-state index is 11.6. The number of benzene rings is 1. The van der Waals surface area contributed by atoms with E-state index in [1.807, 2.05) is 33.2 Å². The number of hydrogen-bond acceptors (Lipinski definition) is 2. The number of hydrogen-bond donors (Lipinski definition) is 1. The Bertz CT molecular complexity index is 403. The highest BCUT2D eigenvalue weighted by Gasteiger charge is 2.11. The summed E-state index contributed by atoms with van der Waals surface area (Å²) in [6.45, 7) is 6.58. The fourth-order valence-corrected chi connectivity index (χ4v) is 1.53. The van der Waals surface area contributed by atoms with Gasteiger partial charge in [-0.2, -0.15) is 0 Å². The second-order valence-electron chi connectivity index (χ2n) is 5.04. The van der Waals surface area contributed by atoms with Gasteiger partial charge in [0.25, 0.3) is 0 Å². The molecule has 0 bridgehead atoms. The van der Waals surface area contributed by atoms with E-state index in [1.165, 1.54) is 5.56 Å². The Morgan fingerprint density at radius 2 is 1.94 bits per heavy atom. The SMILES string of the molecule is Cc1ccc(C(C)C)cc1OC(=O)C[NH+](C)C.[Br-]. The predicted molar refractivity (Wildman–Crippen MR) is 68.6 cm³/mol.